The van der Waals surface area contributed by atoms with E-state index in [4.69, 9.17) is 4.74 Å². The fourth-order valence-corrected chi connectivity index (χ4v) is 2.40. The minimum Gasteiger partial charge on any atom is -0.489 e. The Morgan fingerprint density at radius 1 is 1.04 bits per heavy atom. The number of hydrogen-bond acceptors (Lipinski definition) is 3. The largest absolute Gasteiger partial charge is 0.489 e. The van der Waals surface area contributed by atoms with Crippen LogP contribution in [0.5, 0.6) is 5.75 Å². The monoisotopic (exact) mass is 310 g/mol. The highest BCUT2D eigenvalue weighted by Crippen LogP contribution is 2.27. The highest BCUT2D eigenvalue weighted by atomic mass is 16.5. The van der Waals surface area contributed by atoms with Gasteiger partial charge in [0.05, 0.1) is 5.56 Å². The van der Waals surface area contributed by atoms with Crippen LogP contribution in [0, 0.1) is 0 Å². The molecule has 3 nitrogen and oxygen atoms in total. The second-order valence-corrected chi connectivity index (χ2v) is 5.92. The molecular weight excluding hydrogens is 288 g/mol. The van der Waals surface area contributed by atoms with E-state index in [1.54, 1.807) is 18.2 Å². The summed E-state index contributed by atoms with van der Waals surface area (Å²) in [5, 5.41) is 0. The number of ketones is 2. The molecule has 0 saturated carbocycles. The van der Waals surface area contributed by atoms with Gasteiger partial charge in [-0.2, -0.15) is 0 Å². The number of hydrogen-bond donors (Lipinski definition) is 0. The molecule has 0 bridgehead atoms. The third kappa shape index (κ3) is 4.52. The van der Waals surface area contributed by atoms with Crippen molar-refractivity contribution in [2.75, 3.05) is 6.61 Å². The lowest BCUT2D eigenvalue weighted by molar-refractivity contribution is 0.0991. The van der Waals surface area contributed by atoms with Crippen LogP contribution < -0.4 is 4.74 Å². The van der Waals surface area contributed by atoms with Gasteiger partial charge in [0, 0.05) is 5.56 Å². The van der Waals surface area contributed by atoms with Crippen molar-refractivity contribution in [3.05, 3.63) is 64.8 Å². The SMILES string of the molecule is CC(C)=CCC/C(C)=C/COc1cccc2c1C(=O)C=CC2=O. The zero-order valence-corrected chi connectivity index (χ0v) is 13.9. The molecule has 0 fully saturated rings. The van der Waals surface area contributed by atoms with E-state index in [0.717, 1.165) is 12.8 Å². The molecule has 1 aliphatic rings. The Labute approximate surface area is 137 Å². The Hall–Kier alpha value is -2.42. The van der Waals surface area contributed by atoms with E-state index >= 15 is 0 Å². The van der Waals surface area contributed by atoms with E-state index in [-0.39, 0.29) is 11.6 Å². The molecule has 1 aromatic rings. The minimum absolute atomic E-state index is 0.154. The smallest absolute Gasteiger partial charge is 0.190 e. The van der Waals surface area contributed by atoms with Crippen LogP contribution in [0.1, 0.15) is 54.3 Å². The molecule has 0 aliphatic heterocycles. The van der Waals surface area contributed by atoms with Crippen molar-refractivity contribution in [2.45, 2.75) is 33.6 Å². The van der Waals surface area contributed by atoms with Gasteiger partial charge >= 0.3 is 0 Å². The van der Waals surface area contributed by atoms with Gasteiger partial charge in [-0.25, -0.2) is 0 Å². The summed E-state index contributed by atoms with van der Waals surface area (Å²) < 4.78 is 5.72. The summed E-state index contributed by atoms with van der Waals surface area (Å²) in [5.74, 6) is 0.136. The molecule has 0 amide bonds. The molecule has 1 aliphatic carbocycles. The van der Waals surface area contributed by atoms with Crippen molar-refractivity contribution in [1.82, 2.24) is 0 Å². The Morgan fingerprint density at radius 3 is 2.52 bits per heavy atom. The molecule has 120 valence electrons. The van der Waals surface area contributed by atoms with Crippen molar-refractivity contribution >= 4 is 11.6 Å². The molecule has 0 radical (unpaired) electrons. The third-order valence-corrected chi connectivity index (χ3v) is 3.69. The highest BCUT2D eigenvalue weighted by Gasteiger charge is 2.22. The van der Waals surface area contributed by atoms with E-state index in [9.17, 15) is 9.59 Å². The van der Waals surface area contributed by atoms with Crippen LogP contribution in [0.4, 0.5) is 0 Å². The first kappa shape index (κ1) is 16.9. The second kappa shape index (κ2) is 7.73. The maximum Gasteiger partial charge on any atom is 0.190 e. The molecule has 23 heavy (non-hydrogen) atoms. The third-order valence-electron chi connectivity index (χ3n) is 3.69. The molecule has 0 aromatic heterocycles. The van der Waals surface area contributed by atoms with Crippen molar-refractivity contribution in [2.24, 2.45) is 0 Å². The Bertz CT molecular complexity index is 702. The number of fused-ring (bicyclic) bond motifs is 1. The summed E-state index contributed by atoms with van der Waals surface area (Å²) >= 11 is 0. The van der Waals surface area contributed by atoms with E-state index < -0.39 is 0 Å². The normalized spacial score (nSPS) is 13.8. The Balaban J connectivity index is 2.03. The lowest BCUT2D eigenvalue weighted by atomic mass is 9.94. The number of ether oxygens (including phenoxy) is 1. The van der Waals surface area contributed by atoms with Crippen LogP contribution in [-0.2, 0) is 0 Å². The van der Waals surface area contributed by atoms with Crippen molar-refractivity contribution < 1.29 is 14.3 Å². The summed E-state index contributed by atoms with van der Waals surface area (Å²) in [4.78, 5) is 23.8. The van der Waals surface area contributed by atoms with E-state index in [0.29, 0.717) is 23.5 Å². The van der Waals surface area contributed by atoms with Gasteiger partial charge in [-0.3, -0.25) is 9.59 Å². The number of carbonyl (C=O) groups excluding carboxylic acids is 2. The first-order chi connectivity index (χ1) is 11.0. The van der Waals surface area contributed by atoms with Gasteiger partial charge in [0.2, 0.25) is 0 Å². The molecular formula is C20H22O3. The summed E-state index contributed by atoms with van der Waals surface area (Å²) in [5.41, 5.74) is 3.35. The summed E-state index contributed by atoms with van der Waals surface area (Å²) in [6, 6.07) is 5.13. The Morgan fingerprint density at radius 2 is 1.78 bits per heavy atom. The maximum absolute atomic E-state index is 12.0. The average Bonchev–Trinajstić information content (AvgIpc) is 2.51. The van der Waals surface area contributed by atoms with E-state index in [1.165, 1.54) is 23.3 Å². The quantitative estimate of drug-likeness (QED) is 0.716. The number of benzene rings is 1. The van der Waals surface area contributed by atoms with Crippen molar-refractivity contribution in [3.63, 3.8) is 0 Å². The van der Waals surface area contributed by atoms with Gasteiger partial charge in [0.25, 0.3) is 0 Å². The van der Waals surface area contributed by atoms with E-state index in [1.807, 2.05) is 6.08 Å². The number of allylic oxidation sites excluding steroid dienone is 5. The van der Waals surface area contributed by atoms with Gasteiger partial charge in [-0.05, 0) is 57.9 Å². The standard InChI is InChI=1S/C20H22O3/c1-14(2)6-4-7-15(3)12-13-23-19-9-5-8-16-17(21)10-11-18(22)20(16)19/h5-6,8-12H,4,7,13H2,1-3H3/b15-12+. The van der Waals surface area contributed by atoms with Crippen LogP contribution in [-0.4, -0.2) is 18.2 Å². The van der Waals surface area contributed by atoms with Gasteiger partial charge in [0.15, 0.2) is 11.6 Å². The van der Waals surface area contributed by atoms with Crippen LogP contribution in [0.25, 0.3) is 0 Å². The first-order valence-electron chi connectivity index (χ1n) is 7.80. The molecule has 0 N–H and O–H groups in total. The van der Waals surface area contributed by atoms with Crippen LogP contribution in [0.15, 0.2) is 53.6 Å². The van der Waals surface area contributed by atoms with Gasteiger partial charge < -0.3 is 4.74 Å². The molecule has 3 heteroatoms. The molecule has 0 saturated heterocycles. The van der Waals surface area contributed by atoms with Crippen molar-refractivity contribution in [3.8, 4) is 5.75 Å². The average molecular weight is 310 g/mol. The van der Waals surface area contributed by atoms with Gasteiger partial charge in [-0.15, -0.1) is 0 Å². The summed E-state index contributed by atoms with van der Waals surface area (Å²) in [7, 11) is 0. The lowest BCUT2D eigenvalue weighted by Gasteiger charge is -2.14. The fraction of sp³-hybridized carbons (Fsp3) is 0.300. The van der Waals surface area contributed by atoms with Crippen LogP contribution >= 0.6 is 0 Å². The summed E-state index contributed by atoms with van der Waals surface area (Å²) in [6.07, 6.45) is 8.84. The minimum atomic E-state index is -0.181. The molecule has 0 heterocycles. The zero-order valence-electron chi connectivity index (χ0n) is 13.9. The summed E-state index contributed by atoms with van der Waals surface area (Å²) in [6.45, 7) is 6.64. The molecule has 0 spiro atoms. The fourth-order valence-electron chi connectivity index (χ4n) is 2.40. The maximum atomic E-state index is 12.0. The zero-order chi connectivity index (χ0) is 16.8. The molecule has 0 unspecified atom stereocenters. The van der Waals surface area contributed by atoms with E-state index in [2.05, 4.69) is 26.8 Å². The topological polar surface area (TPSA) is 43.4 Å². The van der Waals surface area contributed by atoms with Crippen molar-refractivity contribution in [1.29, 1.82) is 0 Å². The predicted octanol–water partition coefficient (Wildman–Crippen LogP) is 4.69. The lowest BCUT2D eigenvalue weighted by Crippen LogP contribution is -2.13. The van der Waals surface area contributed by atoms with Crippen LogP contribution in [0.2, 0.25) is 0 Å². The number of rotatable bonds is 6. The second-order valence-electron chi connectivity index (χ2n) is 5.92. The highest BCUT2D eigenvalue weighted by molar-refractivity contribution is 6.23. The molecule has 0 atom stereocenters. The predicted molar refractivity (Wildman–Crippen MR) is 92.2 cm³/mol. The van der Waals surface area contributed by atoms with Gasteiger partial charge in [-0.1, -0.05) is 29.4 Å². The van der Waals surface area contributed by atoms with Gasteiger partial charge in [0.1, 0.15) is 12.4 Å². The Kier molecular flexibility index (Phi) is 5.69. The molecule has 1 aromatic carbocycles. The molecule has 2 rings (SSSR count). The first-order valence-corrected chi connectivity index (χ1v) is 7.80. The number of carbonyl (C=O) groups is 2. The van der Waals surface area contributed by atoms with Crippen LogP contribution in [0.3, 0.4) is 0 Å².